The first-order valence-corrected chi connectivity index (χ1v) is 22.5. The van der Waals surface area contributed by atoms with E-state index >= 15 is 0 Å². The van der Waals surface area contributed by atoms with Gasteiger partial charge in [-0.05, 0) is 136 Å². The summed E-state index contributed by atoms with van der Waals surface area (Å²) in [5.41, 5.74) is 16.6. The van der Waals surface area contributed by atoms with E-state index in [0.717, 1.165) is 55.1 Å². The number of para-hydroxylation sites is 1. The maximum atomic E-state index is 6.37. The van der Waals surface area contributed by atoms with Crippen LogP contribution in [0.1, 0.15) is 0 Å². The Balaban J connectivity index is 0.933. The Morgan fingerprint density at radius 1 is 0.297 bits per heavy atom. The van der Waals surface area contributed by atoms with Gasteiger partial charge in [-0.25, -0.2) is 0 Å². The molecule has 0 saturated carbocycles. The Bertz CT molecular complexity index is 4170. The summed E-state index contributed by atoms with van der Waals surface area (Å²) < 4.78 is 17.7. The van der Waals surface area contributed by atoms with Crippen molar-refractivity contribution in [2.75, 3.05) is 0 Å². The lowest BCUT2D eigenvalue weighted by atomic mass is 9.98. The van der Waals surface area contributed by atoms with Crippen LogP contribution < -0.4 is 0 Å². The molecule has 14 rings (SSSR count). The highest BCUT2D eigenvalue weighted by Crippen LogP contribution is 2.46. The Morgan fingerprint density at radius 3 is 1.22 bits per heavy atom. The van der Waals surface area contributed by atoms with Gasteiger partial charge in [0, 0.05) is 58.2 Å². The second-order valence-electron chi connectivity index (χ2n) is 16.8. The molecule has 0 aliphatic rings. The highest BCUT2D eigenvalue weighted by molar-refractivity contribution is 7.26. The van der Waals surface area contributed by atoms with Gasteiger partial charge in [0.25, 0.3) is 0 Å². The molecule has 10 aromatic carbocycles. The van der Waals surface area contributed by atoms with E-state index in [2.05, 4.69) is 217 Å². The average molecular weight is 834 g/mol. The van der Waals surface area contributed by atoms with Crippen LogP contribution in [0.15, 0.2) is 221 Å². The van der Waals surface area contributed by atoms with Crippen LogP contribution in [0.5, 0.6) is 0 Å². The summed E-state index contributed by atoms with van der Waals surface area (Å²) in [6.07, 6.45) is 0. The third-order valence-electron chi connectivity index (χ3n) is 13.2. The van der Waals surface area contributed by atoms with E-state index in [9.17, 15) is 0 Å². The minimum Gasteiger partial charge on any atom is -0.456 e. The van der Waals surface area contributed by atoms with E-state index in [1.807, 2.05) is 11.3 Å². The molecule has 0 spiro atoms. The Kier molecular flexibility index (Phi) is 7.56. The molecule has 14 aromatic rings. The van der Waals surface area contributed by atoms with E-state index in [1.54, 1.807) is 0 Å². The van der Waals surface area contributed by atoms with Gasteiger partial charge in [0.05, 0.1) is 11.0 Å². The van der Waals surface area contributed by atoms with Crippen LogP contribution in [-0.2, 0) is 0 Å². The molecule has 4 heterocycles. The lowest BCUT2D eigenvalue weighted by Gasteiger charge is -2.08. The molecule has 0 amide bonds. The summed E-state index contributed by atoms with van der Waals surface area (Å²) in [5.74, 6) is 0. The summed E-state index contributed by atoms with van der Waals surface area (Å²) in [5, 5.41) is 9.57. The molecular formula is C60H35NO2S. The van der Waals surface area contributed by atoms with Crippen LogP contribution in [0.2, 0.25) is 0 Å². The Labute approximate surface area is 371 Å². The number of nitrogens with zero attached hydrogens (tertiary/aromatic N) is 1. The van der Waals surface area contributed by atoms with Gasteiger partial charge >= 0.3 is 0 Å². The fourth-order valence-corrected chi connectivity index (χ4v) is 11.3. The van der Waals surface area contributed by atoms with Crippen molar-refractivity contribution in [1.82, 2.24) is 4.57 Å². The molecule has 0 unspecified atom stereocenters. The third kappa shape index (κ3) is 5.40. The smallest absolute Gasteiger partial charge is 0.135 e. The van der Waals surface area contributed by atoms with Crippen molar-refractivity contribution in [1.29, 1.82) is 0 Å². The number of rotatable bonds is 5. The van der Waals surface area contributed by atoms with Gasteiger partial charge in [0.2, 0.25) is 0 Å². The first-order chi connectivity index (χ1) is 31.7. The van der Waals surface area contributed by atoms with Gasteiger partial charge in [-0.3, -0.25) is 0 Å². The lowest BCUT2D eigenvalue weighted by Crippen LogP contribution is -1.92. The molecule has 0 fully saturated rings. The summed E-state index contributed by atoms with van der Waals surface area (Å²) >= 11 is 1.89. The largest absolute Gasteiger partial charge is 0.456 e. The molecule has 0 aliphatic carbocycles. The van der Waals surface area contributed by atoms with Gasteiger partial charge in [-0.2, -0.15) is 0 Å². The molecule has 4 heteroatoms. The molecular weight excluding hydrogens is 799 g/mol. The number of aromatic nitrogens is 1. The normalized spacial score (nSPS) is 12.1. The number of hydrogen-bond acceptors (Lipinski definition) is 3. The van der Waals surface area contributed by atoms with Crippen LogP contribution in [-0.4, -0.2) is 4.57 Å². The molecule has 64 heavy (non-hydrogen) atoms. The quantitative estimate of drug-likeness (QED) is 0.173. The predicted molar refractivity (Wildman–Crippen MR) is 270 cm³/mol. The van der Waals surface area contributed by atoms with Crippen LogP contribution in [0.25, 0.3) is 136 Å². The standard InChI is InChI=1S/C60H35NO2S/c1-4-10-36(11-5-1)38-17-25-54-46(30-38)48-32-41(19-27-56(48)62-54)40-16-23-52-51(35-40)59-53(61(52)44-14-8-3-9-15-44)24-22-45-50-34-43(21-29-58(50)64-60(45)59)42-20-28-57-49(33-42)47-31-39(18-26-55(47)63-57)37-12-6-2-7-13-37/h1-35H. The van der Waals surface area contributed by atoms with E-state index in [1.165, 1.54) is 80.9 Å². The van der Waals surface area contributed by atoms with Crippen molar-refractivity contribution in [2.24, 2.45) is 0 Å². The molecule has 3 nitrogen and oxygen atoms in total. The maximum Gasteiger partial charge on any atom is 0.135 e. The Hall–Kier alpha value is -8.18. The minimum absolute atomic E-state index is 0.896. The first-order valence-electron chi connectivity index (χ1n) is 21.7. The number of fused-ring (bicyclic) bond motifs is 13. The minimum atomic E-state index is 0.896. The SMILES string of the molecule is c1ccc(-c2ccc3oc4ccc(-c5ccc6sc7c(ccc8c7c7cc(-c9ccc%10oc%11ccc(-c%12ccccc%12)cc%11c%10c9)ccc7n8-c7ccccc7)c6c5)cc4c3c2)cc1. The highest BCUT2D eigenvalue weighted by atomic mass is 32.1. The van der Waals surface area contributed by atoms with Gasteiger partial charge < -0.3 is 13.4 Å². The highest BCUT2D eigenvalue weighted by Gasteiger charge is 2.20. The predicted octanol–water partition coefficient (Wildman–Crippen LogP) is 17.6. The molecule has 0 radical (unpaired) electrons. The summed E-state index contributed by atoms with van der Waals surface area (Å²) in [6.45, 7) is 0. The Morgan fingerprint density at radius 2 is 0.703 bits per heavy atom. The fourth-order valence-electron chi connectivity index (χ4n) is 10.1. The topological polar surface area (TPSA) is 31.2 Å². The number of furan rings is 2. The molecule has 298 valence electrons. The van der Waals surface area contributed by atoms with Gasteiger partial charge in [-0.1, -0.05) is 121 Å². The summed E-state index contributed by atoms with van der Waals surface area (Å²) in [6, 6.07) is 76.7. The second kappa shape index (κ2) is 13.7. The van der Waals surface area contributed by atoms with E-state index in [-0.39, 0.29) is 0 Å². The summed E-state index contributed by atoms with van der Waals surface area (Å²) in [4.78, 5) is 0. The van der Waals surface area contributed by atoms with Crippen molar-refractivity contribution >= 4 is 97.2 Å². The second-order valence-corrected chi connectivity index (χ2v) is 17.9. The summed E-state index contributed by atoms with van der Waals surface area (Å²) in [7, 11) is 0. The number of thiophene rings is 1. The van der Waals surface area contributed by atoms with Crippen molar-refractivity contribution in [3.63, 3.8) is 0 Å². The van der Waals surface area contributed by atoms with Crippen LogP contribution >= 0.6 is 11.3 Å². The zero-order valence-corrected chi connectivity index (χ0v) is 35.2. The zero-order valence-electron chi connectivity index (χ0n) is 34.4. The van der Waals surface area contributed by atoms with Crippen LogP contribution in [0.3, 0.4) is 0 Å². The molecule has 0 N–H and O–H groups in total. The molecule has 0 bridgehead atoms. The van der Waals surface area contributed by atoms with Gasteiger partial charge in [0.15, 0.2) is 0 Å². The van der Waals surface area contributed by atoms with E-state index < -0.39 is 0 Å². The van der Waals surface area contributed by atoms with Gasteiger partial charge in [-0.15, -0.1) is 11.3 Å². The van der Waals surface area contributed by atoms with Crippen molar-refractivity contribution in [2.45, 2.75) is 0 Å². The van der Waals surface area contributed by atoms with E-state index in [4.69, 9.17) is 8.83 Å². The lowest BCUT2D eigenvalue weighted by molar-refractivity contribution is 0.668. The average Bonchev–Trinajstić information content (AvgIpc) is 4.12. The monoisotopic (exact) mass is 833 g/mol. The van der Waals surface area contributed by atoms with Crippen molar-refractivity contribution in [3.8, 4) is 50.2 Å². The van der Waals surface area contributed by atoms with Crippen LogP contribution in [0.4, 0.5) is 0 Å². The zero-order chi connectivity index (χ0) is 41.9. The molecule has 4 aromatic heterocycles. The number of benzene rings is 10. The van der Waals surface area contributed by atoms with Crippen molar-refractivity contribution < 1.29 is 8.83 Å². The third-order valence-corrected chi connectivity index (χ3v) is 14.4. The molecule has 0 atom stereocenters. The maximum absolute atomic E-state index is 6.37. The fraction of sp³-hybridized carbons (Fsp3) is 0. The van der Waals surface area contributed by atoms with Gasteiger partial charge in [0.1, 0.15) is 22.3 Å². The van der Waals surface area contributed by atoms with Crippen LogP contribution in [0, 0.1) is 0 Å². The number of hydrogen-bond donors (Lipinski definition) is 0. The molecule has 0 saturated heterocycles. The van der Waals surface area contributed by atoms with E-state index in [0.29, 0.717) is 0 Å². The molecule has 0 aliphatic heterocycles. The van der Waals surface area contributed by atoms with Crippen molar-refractivity contribution in [3.05, 3.63) is 212 Å². The first kappa shape index (κ1) is 35.4.